The summed E-state index contributed by atoms with van der Waals surface area (Å²) in [5, 5.41) is 8.01. The zero-order chi connectivity index (χ0) is 32.0. The third kappa shape index (κ3) is 12.7. The maximum Gasteiger partial charge on any atom is 0.408 e. The van der Waals surface area contributed by atoms with E-state index >= 15 is 0 Å². The van der Waals surface area contributed by atoms with Gasteiger partial charge in [-0.15, -0.1) is 0 Å². The van der Waals surface area contributed by atoms with Crippen LogP contribution in [0, 0.1) is 0 Å². The van der Waals surface area contributed by atoms with Crippen molar-refractivity contribution in [2.24, 2.45) is 5.73 Å². The number of benzene rings is 2. The van der Waals surface area contributed by atoms with Gasteiger partial charge in [-0.25, -0.2) is 9.59 Å². The first-order valence-electron chi connectivity index (χ1n) is 16.0. The fraction of sp³-hybridized carbons (Fsp3) is 0.629. The standard InChI is InChI=1S/C35H55N3O5/c1-8-9-10-11-12-17-22-37-24-28-26-19-14-13-18-25(26)23-27(30(28)32(40)42-34(2,3)4)31(39)29(20-15-16-21-36)38-33(41)43-35(5,6)7/h13-14,18-19,23,29,37H,8-12,15-17,20-22,24,36H2,1-7H3,(H,38,41)/t29-/m0/s1. The molecule has 0 heterocycles. The van der Waals surface area contributed by atoms with E-state index in [0.29, 0.717) is 32.4 Å². The fourth-order valence-corrected chi connectivity index (χ4v) is 5.01. The van der Waals surface area contributed by atoms with Gasteiger partial charge in [0.1, 0.15) is 11.2 Å². The summed E-state index contributed by atoms with van der Waals surface area (Å²) in [5.74, 6) is -0.914. The minimum Gasteiger partial charge on any atom is -0.456 e. The number of carbonyl (C=O) groups excluding carboxylic acids is 3. The quantitative estimate of drug-likeness (QED) is 0.0984. The number of hydrogen-bond donors (Lipinski definition) is 3. The van der Waals surface area contributed by atoms with E-state index in [2.05, 4.69) is 17.6 Å². The number of rotatable bonds is 17. The topological polar surface area (TPSA) is 120 Å². The number of ketones is 1. The Morgan fingerprint density at radius 2 is 1.51 bits per heavy atom. The van der Waals surface area contributed by atoms with Crippen molar-refractivity contribution in [3.8, 4) is 0 Å². The number of hydrogen-bond acceptors (Lipinski definition) is 7. The molecule has 0 fully saturated rings. The molecule has 8 heteroatoms. The molecule has 0 radical (unpaired) electrons. The number of nitrogens with two attached hydrogens (primary N) is 1. The van der Waals surface area contributed by atoms with Crippen molar-refractivity contribution in [1.82, 2.24) is 10.6 Å². The molecule has 0 saturated carbocycles. The molecule has 0 aliphatic heterocycles. The van der Waals surface area contributed by atoms with E-state index in [-0.39, 0.29) is 16.9 Å². The van der Waals surface area contributed by atoms with E-state index in [1.54, 1.807) is 26.8 Å². The van der Waals surface area contributed by atoms with Crippen molar-refractivity contribution < 1.29 is 23.9 Å². The molecular weight excluding hydrogens is 542 g/mol. The average molecular weight is 598 g/mol. The van der Waals surface area contributed by atoms with Crippen molar-refractivity contribution in [2.75, 3.05) is 13.1 Å². The monoisotopic (exact) mass is 597 g/mol. The van der Waals surface area contributed by atoms with E-state index in [1.165, 1.54) is 25.7 Å². The molecule has 0 aliphatic rings. The lowest BCUT2D eigenvalue weighted by atomic mass is 9.88. The number of unbranched alkanes of at least 4 members (excludes halogenated alkanes) is 6. The van der Waals surface area contributed by atoms with Gasteiger partial charge in [-0.2, -0.15) is 0 Å². The summed E-state index contributed by atoms with van der Waals surface area (Å²) in [6.07, 6.45) is 8.12. The SMILES string of the molecule is CCCCCCCCNCc1c(C(=O)OC(C)(C)C)c(C(=O)[C@H](CCCCN)NC(=O)OC(C)(C)C)cc2ccccc12. The Balaban J connectivity index is 2.54. The summed E-state index contributed by atoms with van der Waals surface area (Å²) in [4.78, 5) is 40.9. The van der Waals surface area contributed by atoms with E-state index in [9.17, 15) is 14.4 Å². The molecule has 1 amide bonds. The Morgan fingerprint density at radius 1 is 0.860 bits per heavy atom. The molecule has 2 aromatic carbocycles. The van der Waals surface area contributed by atoms with Crippen LogP contribution >= 0.6 is 0 Å². The van der Waals surface area contributed by atoms with Gasteiger partial charge >= 0.3 is 12.1 Å². The Labute approximate surface area is 258 Å². The Hall–Kier alpha value is -2.97. The maximum atomic E-state index is 14.3. The Morgan fingerprint density at radius 3 is 2.16 bits per heavy atom. The first-order chi connectivity index (χ1) is 20.3. The molecule has 0 aliphatic carbocycles. The van der Waals surface area contributed by atoms with Gasteiger partial charge in [0.05, 0.1) is 11.6 Å². The zero-order valence-corrected chi connectivity index (χ0v) is 27.6. The first kappa shape index (κ1) is 36.2. The third-order valence-corrected chi connectivity index (χ3v) is 6.99. The number of alkyl carbamates (subject to hydrolysis) is 1. The van der Waals surface area contributed by atoms with Crippen LogP contribution in [-0.2, 0) is 16.0 Å². The molecule has 0 unspecified atom stereocenters. The molecule has 0 aromatic heterocycles. The molecular formula is C35H55N3O5. The largest absolute Gasteiger partial charge is 0.456 e. The normalized spacial score (nSPS) is 12.7. The lowest BCUT2D eigenvalue weighted by Gasteiger charge is -2.26. The average Bonchev–Trinajstić information content (AvgIpc) is 2.91. The Bertz CT molecular complexity index is 1200. The van der Waals surface area contributed by atoms with Gasteiger partial charge in [0.2, 0.25) is 0 Å². The van der Waals surface area contributed by atoms with E-state index in [1.807, 2.05) is 45.0 Å². The van der Waals surface area contributed by atoms with Gasteiger partial charge < -0.3 is 25.8 Å². The summed E-state index contributed by atoms with van der Waals surface area (Å²) in [5.41, 5.74) is 5.43. The molecule has 1 atom stereocenters. The second-order valence-corrected chi connectivity index (χ2v) is 13.3. The summed E-state index contributed by atoms with van der Waals surface area (Å²) in [6.45, 7) is 14.6. The first-order valence-corrected chi connectivity index (χ1v) is 16.0. The van der Waals surface area contributed by atoms with Crippen molar-refractivity contribution in [1.29, 1.82) is 0 Å². The molecule has 43 heavy (non-hydrogen) atoms. The number of amides is 1. The lowest BCUT2D eigenvalue weighted by Crippen LogP contribution is -2.44. The highest BCUT2D eigenvalue weighted by Gasteiger charge is 2.32. The van der Waals surface area contributed by atoms with Crippen LogP contribution in [0.15, 0.2) is 30.3 Å². The third-order valence-electron chi connectivity index (χ3n) is 6.99. The van der Waals surface area contributed by atoms with Crippen LogP contribution in [0.3, 0.4) is 0 Å². The van der Waals surface area contributed by atoms with Crippen LogP contribution in [0.1, 0.15) is 133 Å². The molecule has 0 bridgehead atoms. The number of Topliss-reactive ketones (excluding diaryl/α,β-unsaturated/α-hetero) is 1. The van der Waals surface area contributed by atoms with Gasteiger partial charge in [-0.3, -0.25) is 4.79 Å². The van der Waals surface area contributed by atoms with Gasteiger partial charge in [-0.05, 0) is 103 Å². The van der Waals surface area contributed by atoms with Gasteiger partial charge in [0.15, 0.2) is 5.78 Å². The second-order valence-electron chi connectivity index (χ2n) is 13.3. The molecule has 4 N–H and O–H groups in total. The summed E-state index contributed by atoms with van der Waals surface area (Å²) >= 11 is 0. The molecule has 0 spiro atoms. The second kappa shape index (κ2) is 17.4. The number of carbonyl (C=O) groups is 3. The van der Waals surface area contributed by atoms with Crippen molar-refractivity contribution in [3.63, 3.8) is 0 Å². The van der Waals surface area contributed by atoms with Gasteiger partial charge in [-0.1, -0.05) is 63.3 Å². The summed E-state index contributed by atoms with van der Waals surface area (Å²) in [6, 6.07) is 8.60. The molecule has 2 rings (SSSR count). The summed E-state index contributed by atoms with van der Waals surface area (Å²) in [7, 11) is 0. The van der Waals surface area contributed by atoms with E-state index in [0.717, 1.165) is 35.7 Å². The molecule has 2 aromatic rings. The van der Waals surface area contributed by atoms with E-state index < -0.39 is 29.3 Å². The lowest BCUT2D eigenvalue weighted by molar-refractivity contribution is 0.00664. The molecule has 0 saturated heterocycles. The van der Waals surface area contributed by atoms with Crippen LogP contribution in [0.5, 0.6) is 0 Å². The van der Waals surface area contributed by atoms with Crippen LogP contribution in [-0.4, -0.2) is 48.2 Å². The van der Waals surface area contributed by atoms with Gasteiger partial charge in [0.25, 0.3) is 0 Å². The highest BCUT2D eigenvalue weighted by Crippen LogP contribution is 2.30. The summed E-state index contributed by atoms with van der Waals surface area (Å²) < 4.78 is 11.3. The van der Waals surface area contributed by atoms with Crippen LogP contribution in [0.2, 0.25) is 0 Å². The number of ether oxygens (including phenoxy) is 2. The van der Waals surface area contributed by atoms with Gasteiger partial charge in [0, 0.05) is 12.1 Å². The van der Waals surface area contributed by atoms with Crippen molar-refractivity contribution >= 4 is 28.6 Å². The fourth-order valence-electron chi connectivity index (χ4n) is 5.01. The number of nitrogens with one attached hydrogen (secondary N) is 2. The van der Waals surface area contributed by atoms with Crippen LogP contribution < -0.4 is 16.4 Å². The molecule has 240 valence electrons. The van der Waals surface area contributed by atoms with Crippen LogP contribution in [0.25, 0.3) is 10.8 Å². The number of esters is 1. The Kier molecular flexibility index (Phi) is 14.6. The smallest absolute Gasteiger partial charge is 0.408 e. The maximum absolute atomic E-state index is 14.3. The minimum absolute atomic E-state index is 0.234. The minimum atomic E-state index is -0.896. The van der Waals surface area contributed by atoms with Crippen molar-refractivity contribution in [2.45, 2.75) is 130 Å². The zero-order valence-electron chi connectivity index (χ0n) is 27.6. The van der Waals surface area contributed by atoms with Crippen molar-refractivity contribution in [3.05, 3.63) is 47.0 Å². The predicted molar refractivity (Wildman–Crippen MR) is 175 cm³/mol. The number of fused-ring (bicyclic) bond motifs is 1. The van der Waals surface area contributed by atoms with E-state index in [4.69, 9.17) is 15.2 Å². The highest BCUT2D eigenvalue weighted by atomic mass is 16.6. The van der Waals surface area contributed by atoms with Crippen LogP contribution in [0.4, 0.5) is 4.79 Å². The highest BCUT2D eigenvalue weighted by molar-refractivity contribution is 6.13. The predicted octanol–water partition coefficient (Wildman–Crippen LogP) is 7.45. The molecule has 8 nitrogen and oxygen atoms in total.